The van der Waals surface area contributed by atoms with Gasteiger partial charge in [-0.05, 0) is 26.0 Å². The van der Waals surface area contributed by atoms with Gasteiger partial charge < -0.3 is 10.1 Å². The minimum absolute atomic E-state index is 0.0343. The molecule has 0 aliphatic heterocycles. The van der Waals surface area contributed by atoms with Gasteiger partial charge in [0, 0.05) is 11.1 Å². The van der Waals surface area contributed by atoms with Crippen LogP contribution in [0.5, 0.6) is 0 Å². The molecule has 0 aliphatic carbocycles. The highest BCUT2D eigenvalue weighted by atomic mass is 32.1. The zero-order chi connectivity index (χ0) is 12.0. The normalized spacial score (nSPS) is 10.7. The smallest absolute Gasteiger partial charge is 0.350 e. The molecule has 0 bridgehead atoms. The molecular weight excluding hydrogens is 224 g/mol. The first kappa shape index (κ1) is 12.3. The summed E-state index contributed by atoms with van der Waals surface area (Å²) in [6.45, 7) is 3.94. The van der Waals surface area contributed by atoms with E-state index in [1.54, 1.807) is 24.3 Å². The molecule has 0 aromatic carbocycles. The SMILES string of the molecule is CCOC(=O)/C(C#N)=C/Nc1ccc(C)s1. The van der Waals surface area contributed by atoms with Gasteiger partial charge in [-0.15, -0.1) is 11.3 Å². The van der Waals surface area contributed by atoms with Crippen LogP contribution in [0.4, 0.5) is 5.00 Å². The fourth-order valence-corrected chi connectivity index (χ4v) is 1.74. The van der Waals surface area contributed by atoms with E-state index in [1.165, 1.54) is 6.20 Å². The number of rotatable bonds is 4. The minimum atomic E-state index is -0.606. The first-order chi connectivity index (χ1) is 7.67. The van der Waals surface area contributed by atoms with Crippen LogP contribution in [-0.2, 0) is 9.53 Å². The molecular formula is C11H12N2O2S. The molecule has 0 saturated heterocycles. The van der Waals surface area contributed by atoms with Crippen molar-refractivity contribution in [3.05, 3.63) is 28.8 Å². The number of nitriles is 1. The average Bonchev–Trinajstić information content (AvgIpc) is 2.65. The first-order valence-corrected chi connectivity index (χ1v) is 5.59. The standard InChI is InChI=1S/C11H12N2O2S/c1-3-15-11(14)9(6-12)7-13-10-5-4-8(2)16-10/h4-5,7,13H,3H2,1-2H3/b9-7+. The van der Waals surface area contributed by atoms with Gasteiger partial charge in [0.1, 0.15) is 6.07 Å². The van der Waals surface area contributed by atoms with E-state index in [9.17, 15) is 4.79 Å². The molecule has 1 aromatic heterocycles. The van der Waals surface area contributed by atoms with Crippen LogP contribution in [-0.4, -0.2) is 12.6 Å². The molecule has 5 heteroatoms. The summed E-state index contributed by atoms with van der Waals surface area (Å²) in [6, 6.07) is 5.63. The topological polar surface area (TPSA) is 62.1 Å². The summed E-state index contributed by atoms with van der Waals surface area (Å²) < 4.78 is 4.72. The Kier molecular flexibility index (Phi) is 4.55. The van der Waals surface area contributed by atoms with Crippen molar-refractivity contribution < 1.29 is 9.53 Å². The number of carbonyl (C=O) groups excluding carboxylic acids is 1. The third kappa shape index (κ3) is 3.41. The average molecular weight is 236 g/mol. The second-order valence-corrected chi connectivity index (χ2v) is 4.23. The number of esters is 1. The van der Waals surface area contributed by atoms with Crippen LogP contribution in [0.25, 0.3) is 0 Å². The number of nitrogens with zero attached hydrogens (tertiary/aromatic N) is 1. The lowest BCUT2D eigenvalue weighted by Crippen LogP contribution is -2.07. The molecule has 0 radical (unpaired) electrons. The van der Waals surface area contributed by atoms with Crippen molar-refractivity contribution in [2.24, 2.45) is 0 Å². The van der Waals surface area contributed by atoms with E-state index in [4.69, 9.17) is 10.00 Å². The number of hydrogen-bond acceptors (Lipinski definition) is 5. The summed E-state index contributed by atoms with van der Waals surface area (Å²) >= 11 is 1.55. The van der Waals surface area contributed by atoms with Gasteiger partial charge in [-0.25, -0.2) is 4.79 Å². The van der Waals surface area contributed by atoms with Crippen LogP contribution >= 0.6 is 11.3 Å². The lowest BCUT2D eigenvalue weighted by molar-refractivity contribution is -0.138. The summed E-state index contributed by atoms with van der Waals surface area (Å²) in [4.78, 5) is 12.4. The third-order valence-corrected chi connectivity index (χ3v) is 2.65. The Morgan fingerprint density at radius 3 is 2.94 bits per heavy atom. The Bertz CT molecular complexity index is 443. The molecule has 0 amide bonds. The van der Waals surface area contributed by atoms with Crippen molar-refractivity contribution in [2.75, 3.05) is 11.9 Å². The third-order valence-electron chi connectivity index (χ3n) is 1.71. The van der Waals surface area contributed by atoms with Crippen LogP contribution in [0, 0.1) is 18.3 Å². The monoisotopic (exact) mass is 236 g/mol. The molecule has 0 saturated carbocycles. The van der Waals surface area contributed by atoms with Crippen molar-refractivity contribution in [3.63, 3.8) is 0 Å². The van der Waals surface area contributed by atoms with E-state index in [1.807, 2.05) is 19.1 Å². The predicted octanol–water partition coefficient (Wildman–Crippen LogP) is 2.44. The quantitative estimate of drug-likeness (QED) is 0.495. The molecule has 16 heavy (non-hydrogen) atoms. The van der Waals surface area contributed by atoms with E-state index < -0.39 is 5.97 Å². The van der Waals surface area contributed by atoms with Gasteiger partial charge in [0.15, 0.2) is 5.57 Å². The molecule has 0 fully saturated rings. The van der Waals surface area contributed by atoms with E-state index in [-0.39, 0.29) is 12.2 Å². The van der Waals surface area contributed by atoms with Crippen LogP contribution in [0.3, 0.4) is 0 Å². The maximum absolute atomic E-state index is 11.3. The summed E-state index contributed by atoms with van der Waals surface area (Å²) in [6.07, 6.45) is 1.36. The Morgan fingerprint density at radius 1 is 1.69 bits per heavy atom. The maximum atomic E-state index is 11.3. The lowest BCUT2D eigenvalue weighted by Gasteiger charge is -2.00. The molecule has 4 nitrogen and oxygen atoms in total. The molecule has 0 atom stereocenters. The second kappa shape index (κ2) is 5.93. The van der Waals surface area contributed by atoms with Crippen molar-refractivity contribution in [2.45, 2.75) is 13.8 Å². The fraction of sp³-hybridized carbons (Fsp3) is 0.273. The van der Waals surface area contributed by atoms with Crippen molar-refractivity contribution in [3.8, 4) is 6.07 Å². The summed E-state index contributed by atoms with van der Waals surface area (Å²) in [5.74, 6) is -0.606. The molecule has 0 aliphatic rings. The number of thiophene rings is 1. The summed E-state index contributed by atoms with van der Waals surface area (Å²) in [7, 11) is 0. The van der Waals surface area contributed by atoms with Crippen molar-refractivity contribution in [1.29, 1.82) is 5.26 Å². The van der Waals surface area contributed by atoms with Gasteiger partial charge in [0.05, 0.1) is 11.6 Å². The highest BCUT2D eigenvalue weighted by Crippen LogP contribution is 2.20. The maximum Gasteiger partial charge on any atom is 0.350 e. The summed E-state index contributed by atoms with van der Waals surface area (Å²) in [5.41, 5.74) is -0.0343. The summed E-state index contributed by atoms with van der Waals surface area (Å²) in [5, 5.41) is 12.5. The largest absolute Gasteiger partial charge is 0.462 e. The Balaban J connectivity index is 2.67. The van der Waals surface area contributed by atoms with Crippen molar-refractivity contribution in [1.82, 2.24) is 0 Å². The van der Waals surface area contributed by atoms with Crippen LogP contribution in [0.1, 0.15) is 11.8 Å². The molecule has 0 spiro atoms. The van der Waals surface area contributed by atoms with E-state index in [0.717, 1.165) is 9.88 Å². The number of nitrogens with one attached hydrogen (secondary N) is 1. The molecule has 1 N–H and O–H groups in total. The number of hydrogen-bond donors (Lipinski definition) is 1. The predicted molar refractivity (Wildman–Crippen MR) is 63.0 cm³/mol. The van der Waals surface area contributed by atoms with Gasteiger partial charge >= 0.3 is 5.97 Å². The fourth-order valence-electron chi connectivity index (χ4n) is 1.00. The van der Waals surface area contributed by atoms with Crippen LogP contribution in [0.15, 0.2) is 23.9 Å². The van der Waals surface area contributed by atoms with Gasteiger partial charge in [-0.2, -0.15) is 5.26 Å². The van der Waals surface area contributed by atoms with Gasteiger partial charge in [-0.3, -0.25) is 0 Å². The molecule has 1 heterocycles. The number of carbonyl (C=O) groups is 1. The number of aryl methyl sites for hydroxylation is 1. The Hall–Kier alpha value is -1.80. The molecule has 0 unspecified atom stereocenters. The van der Waals surface area contributed by atoms with Gasteiger partial charge in [0.2, 0.25) is 0 Å². The van der Waals surface area contributed by atoms with Crippen LogP contribution < -0.4 is 5.32 Å². The highest BCUT2D eigenvalue weighted by molar-refractivity contribution is 7.16. The van der Waals surface area contributed by atoms with Crippen LogP contribution in [0.2, 0.25) is 0 Å². The molecule has 1 rings (SSSR count). The minimum Gasteiger partial charge on any atom is -0.462 e. The first-order valence-electron chi connectivity index (χ1n) is 4.77. The number of anilines is 1. The number of ether oxygens (including phenoxy) is 1. The zero-order valence-electron chi connectivity index (χ0n) is 9.11. The lowest BCUT2D eigenvalue weighted by atomic mass is 10.3. The zero-order valence-corrected chi connectivity index (χ0v) is 9.93. The van der Waals surface area contributed by atoms with E-state index in [2.05, 4.69) is 5.32 Å². The second-order valence-electron chi connectivity index (χ2n) is 2.94. The molecule has 84 valence electrons. The van der Waals surface area contributed by atoms with Gasteiger partial charge in [-0.1, -0.05) is 0 Å². The Morgan fingerprint density at radius 2 is 2.44 bits per heavy atom. The van der Waals surface area contributed by atoms with Gasteiger partial charge in [0.25, 0.3) is 0 Å². The van der Waals surface area contributed by atoms with Crippen molar-refractivity contribution >= 4 is 22.3 Å². The highest BCUT2D eigenvalue weighted by Gasteiger charge is 2.09. The Labute approximate surface area is 98.2 Å². The van der Waals surface area contributed by atoms with E-state index in [0.29, 0.717) is 0 Å². The molecule has 1 aromatic rings. The van der Waals surface area contributed by atoms with E-state index >= 15 is 0 Å².